The zero-order chi connectivity index (χ0) is 16.9. The standard InChI is InChI=1S/C20H14O4/c21-17-12-11-16(19(22)14-7-3-1-4-8-14)13-18(17)24-20(23)15-9-5-2-6-10-15/h1-13,21H. The maximum absolute atomic E-state index is 12.4. The Morgan fingerprint density at radius 3 is 1.92 bits per heavy atom. The van der Waals surface area contributed by atoms with E-state index in [1.807, 2.05) is 6.07 Å². The lowest BCUT2D eigenvalue weighted by Crippen LogP contribution is -2.09. The van der Waals surface area contributed by atoms with Crippen LogP contribution in [0.3, 0.4) is 0 Å². The lowest BCUT2D eigenvalue weighted by Gasteiger charge is -2.08. The lowest BCUT2D eigenvalue weighted by atomic mass is 10.0. The molecule has 0 bridgehead atoms. The van der Waals surface area contributed by atoms with Crippen LogP contribution in [-0.2, 0) is 0 Å². The van der Waals surface area contributed by atoms with Crippen LogP contribution in [-0.4, -0.2) is 16.9 Å². The van der Waals surface area contributed by atoms with E-state index in [9.17, 15) is 14.7 Å². The molecule has 0 spiro atoms. The van der Waals surface area contributed by atoms with Crippen LogP contribution < -0.4 is 4.74 Å². The molecule has 0 aliphatic carbocycles. The maximum atomic E-state index is 12.4. The van der Waals surface area contributed by atoms with Gasteiger partial charge in [0.05, 0.1) is 5.56 Å². The molecule has 0 saturated carbocycles. The van der Waals surface area contributed by atoms with Gasteiger partial charge in [-0.3, -0.25) is 4.79 Å². The highest BCUT2D eigenvalue weighted by Gasteiger charge is 2.15. The van der Waals surface area contributed by atoms with Crippen molar-refractivity contribution >= 4 is 11.8 Å². The van der Waals surface area contributed by atoms with Crippen LogP contribution in [0.4, 0.5) is 0 Å². The first-order chi connectivity index (χ1) is 11.6. The largest absolute Gasteiger partial charge is 0.504 e. The first-order valence-electron chi connectivity index (χ1n) is 7.35. The predicted octanol–water partition coefficient (Wildman–Crippen LogP) is 3.84. The zero-order valence-electron chi connectivity index (χ0n) is 12.7. The molecule has 0 aliphatic heterocycles. The number of benzene rings is 3. The molecule has 0 aliphatic rings. The Kier molecular flexibility index (Phi) is 4.38. The summed E-state index contributed by atoms with van der Waals surface area (Å²) in [7, 11) is 0. The summed E-state index contributed by atoms with van der Waals surface area (Å²) in [6, 6.07) is 21.4. The quantitative estimate of drug-likeness (QED) is 0.451. The molecule has 0 aromatic heterocycles. The molecule has 4 nitrogen and oxygen atoms in total. The Balaban J connectivity index is 1.87. The van der Waals surface area contributed by atoms with E-state index < -0.39 is 5.97 Å². The zero-order valence-corrected chi connectivity index (χ0v) is 12.7. The summed E-state index contributed by atoms with van der Waals surface area (Å²) in [4.78, 5) is 24.5. The van der Waals surface area contributed by atoms with E-state index in [1.165, 1.54) is 18.2 Å². The monoisotopic (exact) mass is 318 g/mol. The van der Waals surface area contributed by atoms with E-state index in [-0.39, 0.29) is 17.3 Å². The molecule has 0 saturated heterocycles. The van der Waals surface area contributed by atoms with Crippen LogP contribution in [0.5, 0.6) is 11.5 Å². The molecule has 0 unspecified atom stereocenters. The number of phenolic OH excluding ortho intramolecular Hbond substituents is 1. The third-order valence-electron chi connectivity index (χ3n) is 3.47. The number of ether oxygens (including phenoxy) is 1. The molecule has 3 aromatic rings. The molecule has 0 atom stereocenters. The number of hydrogen-bond acceptors (Lipinski definition) is 4. The van der Waals surface area contributed by atoms with Gasteiger partial charge in [-0.2, -0.15) is 0 Å². The van der Waals surface area contributed by atoms with Crippen LogP contribution in [0, 0.1) is 0 Å². The first kappa shape index (κ1) is 15.5. The van der Waals surface area contributed by atoms with E-state index in [0.717, 1.165) is 0 Å². The molecule has 0 heterocycles. The van der Waals surface area contributed by atoms with Crippen molar-refractivity contribution in [1.29, 1.82) is 0 Å². The van der Waals surface area contributed by atoms with Crippen molar-refractivity contribution in [2.24, 2.45) is 0 Å². The third kappa shape index (κ3) is 3.33. The second-order valence-electron chi connectivity index (χ2n) is 5.13. The minimum atomic E-state index is -0.602. The summed E-state index contributed by atoms with van der Waals surface area (Å²) in [5.41, 5.74) is 1.20. The van der Waals surface area contributed by atoms with Crippen molar-refractivity contribution < 1.29 is 19.4 Å². The van der Waals surface area contributed by atoms with Crippen molar-refractivity contribution in [3.05, 3.63) is 95.6 Å². The molecular weight excluding hydrogens is 304 g/mol. The summed E-state index contributed by atoms with van der Waals surface area (Å²) in [5.74, 6) is -1.07. The Morgan fingerprint density at radius 2 is 1.29 bits per heavy atom. The number of ketones is 1. The van der Waals surface area contributed by atoms with E-state index in [1.54, 1.807) is 54.6 Å². The molecule has 0 radical (unpaired) electrons. The molecule has 118 valence electrons. The van der Waals surface area contributed by atoms with Crippen LogP contribution in [0.25, 0.3) is 0 Å². The topological polar surface area (TPSA) is 63.6 Å². The Morgan fingerprint density at radius 1 is 0.708 bits per heavy atom. The summed E-state index contributed by atoms with van der Waals surface area (Å²) in [6.45, 7) is 0. The third-order valence-corrected chi connectivity index (χ3v) is 3.47. The predicted molar refractivity (Wildman–Crippen MR) is 89.4 cm³/mol. The number of aromatic hydroxyl groups is 1. The highest BCUT2D eigenvalue weighted by atomic mass is 16.5. The van der Waals surface area contributed by atoms with Gasteiger partial charge in [-0.25, -0.2) is 4.79 Å². The number of esters is 1. The van der Waals surface area contributed by atoms with Gasteiger partial charge in [0.2, 0.25) is 0 Å². The van der Waals surface area contributed by atoms with Crippen molar-refractivity contribution in [3.63, 3.8) is 0 Å². The highest BCUT2D eigenvalue weighted by molar-refractivity contribution is 6.09. The highest BCUT2D eigenvalue weighted by Crippen LogP contribution is 2.28. The summed E-state index contributed by atoms with van der Waals surface area (Å²) >= 11 is 0. The van der Waals surface area contributed by atoms with Crippen LogP contribution in [0.2, 0.25) is 0 Å². The maximum Gasteiger partial charge on any atom is 0.343 e. The average molecular weight is 318 g/mol. The molecule has 3 rings (SSSR count). The van der Waals surface area contributed by atoms with Crippen LogP contribution >= 0.6 is 0 Å². The van der Waals surface area contributed by atoms with Crippen LogP contribution in [0.1, 0.15) is 26.3 Å². The van der Waals surface area contributed by atoms with E-state index in [4.69, 9.17) is 4.74 Å². The molecule has 1 N–H and O–H groups in total. The fourth-order valence-electron chi connectivity index (χ4n) is 2.23. The second-order valence-corrected chi connectivity index (χ2v) is 5.13. The van der Waals surface area contributed by atoms with Gasteiger partial charge in [-0.05, 0) is 30.3 Å². The number of hydrogen-bond donors (Lipinski definition) is 1. The molecule has 4 heteroatoms. The normalized spacial score (nSPS) is 10.2. The summed E-state index contributed by atoms with van der Waals surface area (Å²) < 4.78 is 5.22. The number of carbonyl (C=O) groups excluding carboxylic acids is 2. The minimum Gasteiger partial charge on any atom is -0.504 e. The van der Waals surface area contributed by atoms with Gasteiger partial charge in [0.25, 0.3) is 0 Å². The lowest BCUT2D eigenvalue weighted by molar-refractivity contribution is 0.0728. The van der Waals surface area contributed by atoms with Crippen molar-refractivity contribution in [3.8, 4) is 11.5 Å². The average Bonchev–Trinajstić information content (AvgIpc) is 2.64. The van der Waals surface area contributed by atoms with Gasteiger partial charge in [0, 0.05) is 11.1 Å². The fourth-order valence-corrected chi connectivity index (χ4v) is 2.23. The summed E-state index contributed by atoms with van der Waals surface area (Å²) in [6.07, 6.45) is 0. The van der Waals surface area contributed by atoms with Crippen molar-refractivity contribution in [1.82, 2.24) is 0 Å². The van der Waals surface area contributed by atoms with Gasteiger partial charge in [0.1, 0.15) is 0 Å². The number of rotatable bonds is 4. The summed E-state index contributed by atoms with van der Waals surface area (Å²) in [5, 5.41) is 9.89. The molecular formula is C20H14O4. The van der Waals surface area contributed by atoms with Gasteiger partial charge >= 0.3 is 5.97 Å². The van der Waals surface area contributed by atoms with Gasteiger partial charge < -0.3 is 9.84 Å². The van der Waals surface area contributed by atoms with E-state index in [0.29, 0.717) is 16.7 Å². The second kappa shape index (κ2) is 6.79. The van der Waals surface area contributed by atoms with Gasteiger partial charge in [-0.1, -0.05) is 48.5 Å². The Labute approximate surface area is 139 Å². The van der Waals surface area contributed by atoms with Gasteiger partial charge in [-0.15, -0.1) is 0 Å². The SMILES string of the molecule is O=C(Oc1cc(C(=O)c2ccccc2)ccc1O)c1ccccc1. The smallest absolute Gasteiger partial charge is 0.343 e. The first-order valence-corrected chi connectivity index (χ1v) is 7.35. The minimum absolute atomic E-state index is 0.0503. The van der Waals surface area contributed by atoms with Crippen molar-refractivity contribution in [2.75, 3.05) is 0 Å². The molecule has 3 aromatic carbocycles. The molecule has 0 amide bonds. The fraction of sp³-hybridized carbons (Fsp3) is 0. The van der Waals surface area contributed by atoms with Crippen LogP contribution in [0.15, 0.2) is 78.9 Å². The Hall–Kier alpha value is -3.40. The van der Waals surface area contributed by atoms with Crippen molar-refractivity contribution in [2.45, 2.75) is 0 Å². The molecule has 24 heavy (non-hydrogen) atoms. The number of carbonyl (C=O) groups is 2. The molecule has 0 fully saturated rings. The van der Waals surface area contributed by atoms with Gasteiger partial charge in [0.15, 0.2) is 17.3 Å². The van der Waals surface area contributed by atoms with E-state index in [2.05, 4.69) is 0 Å². The Bertz CT molecular complexity index is 871. The number of phenols is 1. The van der Waals surface area contributed by atoms with E-state index >= 15 is 0 Å².